The summed E-state index contributed by atoms with van der Waals surface area (Å²) in [7, 11) is 0. The zero-order valence-electron chi connectivity index (χ0n) is 11.7. The molecule has 0 saturated heterocycles. The number of furan rings is 2. The lowest BCUT2D eigenvalue weighted by atomic mass is 10.4. The molecular weight excluding hydrogens is 268 g/mol. The normalized spacial score (nSPS) is 10.5. The van der Waals surface area contributed by atoms with Crippen molar-refractivity contribution in [3.05, 3.63) is 60.2 Å². The number of hydrogen-bond donors (Lipinski definition) is 2. The fourth-order valence-electron chi connectivity index (χ4n) is 1.93. The molecule has 21 heavy (non-hydrogen) atoms. The quantitative estimate of drug-likeness (QED) is 0.724. The van der Waals surface area contributed by atoms with Gasteiger partial charge in [-0.15, -0.1) is 0 Å². The van der Waals surface area contributed by atoms with Crippen molar-refractivity contribution in [2.75, 3.05) is 10.6 Å². The number of hydrogen-bond acceptors (Lipinski definition) is 6. The van der Waals surface area contributed by atoms with E-state index in [1.165, 1.54) is 0 Å². The molecule has 0 fully saturated rings. The second kappa shape index (κ2) is 6.13. The van der Waals surface area contributed by atoms with Crippen LogP contribution in [-0.2, 0) is 13.1 Å². The molecular formula is C15H16N4O2. The van der Waals surface area contributed by atoms with E-state index in [2.05, 4.69) is 20.6 Å². The fraction of sp³-hybridized carbons (Fsp3) is 0.200. The van der Waals surface area contributed by atoms with Gasteiger partial charge in [-0.3, -0.25) is 0 Å². The summed E-state index contributed by atoms with van der Waals surface area (Å²) in [5.41, 5.74) is 0. The van der Waals surface area contributed by atoms with Crippen molar-refractivity contribution in [1.29, 1.82) is 0 Å². The van der Waals surface area contributed by atoms with Crippen molar-refractivity contribution in [1.82, 2.24) is 9.97 Å². The Bertz CT molecular complexity index is 621. The minimum absolute atomic E-state index is 0.584. The summed E-state index contributed by atoms with van der Waals surface area (Å²) in [4.78, 5) is 8.70. The maximum atomic E-state index is 5.28. The van der Waals surface area contributed by atoms with Crippen molar-refractivity contribution >= 4 is 11.6 Å². The molecule has 3 aromatic heterocycles. The molecule has 0 atom stereocenters. The minimum Gasteiger partial charge on any atom is -0.467 e. The van der Waals surface area contributed by atoms with Crippen molar-refractivity contribution < 1.29 is 8.83 Å². The molecule has 0 unspecified atom stereocenters. The zero-order chi connectivity index (χ0) is 14.5. The molecule has 0 saturated carbocycles. The van der Waals surface area contributed by atoms with Crippen LogP contribution in [0.5, 0.6) is 0 Å². The van der Waals surface area contributed by atoms with Crippen LogP contribution in [0.15, 0.2) is 51.7 Å². The summed E-state index contributed by atoms with van der Waals surface area (Å²) >= 11 is 0. The fourth-order valence-corrected chi connectivity index (χ4v) is 1.93. The van der Waals surface area contributed by atoms with Crippen molar-refractivity contribution in [3.63, 3.8) is 0 Å². The molecule has 6 nitrogen and oxygen atoms in total. The summed E-state index contributed by atoms with van der Waals surface area (Å²) in [6.45, 7) is 3.03. The van der Waals surface area contributed by atoms with Crippen LogP contribution in [-0.4, -0.2) is 9.97 Å². The third kappa shape index (κ3) is 3.62. The number of aromatic nitrogens is 2. The first-order valence-electron chi connectivity index (χ1n) is 6.68. The Morgan fingerprint density at radius 3 is 1.86 bits per heavy atom. The predicted octanol–water partition coefficient (Wildman–Crippen LogP) is 3.20. The third-order valence-corrected chi connectivity index (χ3v) is 2.89. The van der Waals surface area contributed by atoms with Crippen molar-refractivity contribution in [3.8, 4) is 0 Å². The van der Waals surface area contributed by atoms with Gasteiger partial charge in [0.15, 0.2) is 0 Å². The second-order valence-electron chi connectivity index (χ2n) is 4.55. The van der Waals surface area contributed by atoms with E-state index in [9.17, 15) is 0 Å². The maximum Gasteiger partial charge on any atom is 0.132 e. The number of rotatable bonds is 6. The van der Waals surface area contributed by atoms with Gasteiger partial charge in [-0.1, -0.05) is 0 Å². The Balaban J connectivity index is 1.64. The van der Waals surface area contributed by atoms with E-state index in [1.807, 2.05) is 37.3 Å². The average Bonchev–Trinajstić information content (AvgIpc) is 3.16. The summed E-state index contributed by atoms with van der Waals surface area (Å²) < 4.78 is 10.6. The molecule has 3 heterocycles. The largest absolute Gasteiger partial charge is 0.467 e. The van der Waals surface area contributed by atoms with Gasteiger partial charge in [0.05, 0.1) is 25.6 Å². The maximum absolute atomic E-state index is 5.28. The lowest BCUT2D eigenvalue weighted by Gasteiger charge is -2.08. The number of anilines is 2. The average molecular weight is 284 g/mol. The first kappa shape index (κ1) is 13.2. The SMILES string of the molecule is Cc1nc(NCc2ccco2)cc(NCc2ccco2)n1. The molecule has 108 valence electrons. The highest BCUT2D eigenvalue weighted by atomic mass is 16.3. The Morgan fingerprint density at radius 2 is 1.43 bits per heavy atom. The highest BCUT2D eigenvalue weighted by Crippen LogP contribution is 2.14. The zero-order valence-corrected chi connectivity index (χ0v) is 11.7. The van der Waals surface area contributed by atoms with E-state index >= 15 is 0 Å². The number of nitrogens with zero attached hydrogens (tertiary/aromatic N) is 2. The number of aryl methyl sites for hydroxylation is 1. The number of nitrogens with one attached hydrogen (secondary N) is 2. The Labute approximate surface area is 122 Å². The lowest BCUT2D eigenvalue weighted by Crippen LogP contribution is -2.06. The molecule has 0 aliphatic rings. The molecule has 0 spiro atoms. The van der Waals surface area contributed by atoms with Gasteiger partial charge in [0.2, 0.25) is 0 Å². The molecule has 0 bridgehead atoms. The van der Waals surface area contributed by atoms with Crippen molar-refractivity contribution in [2.24, 2.45) is 0 Å². The molecule has 0 radical (unpaired) electrons. The van der Waals surface area contributed by atoms with Crippen LogP contribution in [0.25, 0.3) is 0 Å². The highest BCUT2D eigenvalue weighted by Gasteiger charge is 2.04. The van der Waals surface area contributed by atoms with E-state index in [0.717, 1.165) is 23.2 Å². The van der Waals surface area contributed by atoms with Gasteiger partial charge in [-0.25, -0.2) is 9.97 Å². The molecule has 0 aromatic carbocycles. The van der Waals surface area contributed by atoms with Gasteiger partial charge in [0.1, 0.15) is 29.0 Å². The standard InChI is InChI=1S/C15H16N4O2/c1-11-18-14(16-9-12-4-2-6-20-12)8-15(19-11)17-10-13-5-3-7-21-13/h2-8H,9-10H2,1H3,(H2,16,17,18,19). The minimum atomic E-state index is 0.584. The van der Waals surface area contributed by atoms with E-state index < -0.39 is 0 Å². The van der Waals surface area contributed by atoms with Crippen molar-refractivity contribution in [2.45, 2.75) is 20.0 Å². The van der Waals surface area contributed by atoms with E-state index in [0.29, 0.717) is 18.9 Å². The molecule has 0 aliphatic carbocycles. The van der Waals surface area contributed by atoms with Crippen LogP contribution in [0.3, 0.4) is 0 Å². The van der Waals surface area contributed by atoms with Gasteiger partial charge < -0.3 is 19.5 Å². The van der Waals surface area contributed by atoms with Crippen LogP contribution >= 0.6 is 0 Å². The van der Waals surface area contributed by atoms with E-state index in [-0.39, 0.29) is 0 Å². The molecule has 6 heteroatoms. The summed E-state index contributed by atoms with van der Waals surface area (Å²) in [5, 5.41) is 6.43. The molecule has 0 aliphatic heterocycles. The first-order valence-corrected chi connectivity index (χ1v) is 6.68. The summed E-state index contributed by atoms with van der Waals surface area (Å²) in [6.07, 6.45) is 3.30. The Kier molecular flexibility index (Phi) is 3.86. The molecule has 0 amide bonds. The molecule has 3 rings (SSSR count). The topological polar surface area (TPSA) is 76.1 Å². The van der Waals surface area contributed by atoms with Gasteiger partial charge >= 0.3 is 0 Å². The van der Waals surface area contributed by atoms with E-state index in [4.69, 9.17) is 8.83 Å². The molecule has 3 aromatic rings. The van der Waals surface area contributed by atoms with Crippen LogP contribution in [0.1, 0.15) is 17.3 Å². The Hall–Kier alpha value is -2.76. The van der Waals surface area contributed by atoms with Crippen LogP contribution in [0.2, 0.25) is 0 Å². The van der Waals surface area contributed by atoms with E-state index in [1.54, 1.807) is 12.5 Å². The predicted molar refractivity (Wildman–Crippen MR) is 78.8 cm³/mol. The second-order valence-corrected chi connectivity index (χ2v) is 4.55. The smallest absolute Gasteiger partial charge is 0.132 e. The summed E-state index contributed by atoms with van der Waals surface area (Å²) in [5.74, 6) is 3.91. The molecule has 2 N–H and O–H groups in total. The van der Waals surface area contributed by atoms with Gasteiger partial charge in [0, 0.05) is 6.07 Å². The first-order chi connectivity index (χ1) is 10.3. The third-order valence-electron chi connectivity index (χ3n) is 2.89. The van der Waals surface area contributed by atoms with Crippen LogP contribution in [0.4, 0.5) is 11.6 Å². The summed E-state index contributed by atoms with van der Waals surface area (Å²) in [6, 6.07) is 9.41. The van der Waals surface area contributed by atoms with Gasteiger partial charge in [-0.05, 0) is 31.2 Å². The Morgan fingerprint density at radius 1 is 0.905 bits per heavy atom. The van der Waals surface area contributed by atoms with Crippen LogP contribution < -0.4 is 10.6 Å². The van der Waals surface area contributed by atoms with Gasteiger partial charge in [-0.2, -0.15) is 0 Å². The van der Waals surface area contributed by atoms with Crippen LogP contribution in [0, 0.1) is 6.92 Å². The monoisotopic (exact) mass is 284 g/mol. The van der Waals surface area contributed by atoms with Gasteiger partial charge in [0.25, 0.3) is 0 Å². The highest BCUT2D eigenvalue weighted by molar-refractivity contribution is 5.47. The lowest BCUT2D eigenvalue weighted by molar-refractivity contribution is 0.517.